The third kappa shape index (κ3) is 48.3. The van der Waals surface area contributed by atoms with E-state index in [1.54, 1.807) is 0 Å². The molecule has 0 rings (SSSR count). The maximum absolute atomic E-state index is 12.8. The van der Waals surface area contributed by atoms with Crippen LogP contribution in [-0.2, 0) is 28.6 Å². The van der Waals surface area contributed by atoms with Gasteiger partial charge in [-0.1, -0.05) is 236 Å². The lowest BCUT2D eigenvalue weighted by atomic mass is 10.0. The molecule has 0 N–H and O–H groups in total. The molecule has 0 aromatic heterocycles. The van der Waals surface area contributed by atoms with Crippen LogP contribution >= 0.6 is 0 Å². The first-order valence-corrected chi connectivity index (χ1v) is 26.1. The number of esters is 3. The van der Waals surface area contributed by atoms with Crippen LogP contribution in [0.3, 0.4) is 0 Å². The molecule has 61 heavy (non-hydrogen) atoms. The molecule has 0 fully saturated rings. The second-order valence-electron chi connectivity index (χ2n) is 17.4. The summed E-state index contributed by atoms with van der Waals surface area (Å²) in [5, 5.41) is 0. The Hall–Kier alpha value is -2.63. The third-order valence-corrected chi connectivity index (χ3v) is 11.3. The molecule has 0 aliphatic carbocycles. The molecule has 0 aromatic carbocycles. The van der Waals surface area contributed by atoms with Crippen molar-refractivity contribution in [3.8, 4) is 0 Å². The fourth-order valence-electron chi connectivity index (χ4n) is 7.43. The first-order valence-electron chi connectivity index (χ1n) is 26.1. The number of unbranched alkanes of at least 4 members (excludes halogenated alkanes) is 28. The topological polar surface area (TPSA) is 78.9 Å². The molecule has 1 atom stereocenters. The summed E-state index contributed by atoms with van der Waals surface area (Å²) < 4.78 is 16.8. The second kappa shape index (κ2) is 50.0. The molecule has 0 bridgehead atoms. The van der Waals surface area contributed by atoms with Crippen LogP contribution in [0.2, 0.25) is 0 Å². The molecule has 0 saturated heterocycles. The van der Waals surface area contributed by atoms with Crippen molar-refractivity contribution in [1.82, 2.24) is 0 Å². The highest BCUT2D eigenvalue weighted by Gasteiger charge is 2.19. The number of allylic oxidation sites excluding steroid dienone is 8. The molecule has 6 heteroatoms. The van der Waals surface area contributed by atoms with Crippen molar-refractivity contribution in [2.24, 2.45) is 0 Å². The zero-order valence-electron chi connectivity index (χ0n) is 40.4. The van der Waals surface area contributed by atoms with Gasteiger partial charge in [0.15, 0.2) is 6.10 Å². The first kappa shape index (κ1) is 58.4. The van der Waals surface area contributed by atoms with Crippen molar-refractivity contribution in [3.63, 3.8) is 0 Å². The van der Waals surface area contributed by atoms with Crippen LogP contribution in [-0.4, -0.2) is 37.2 Å². The first-order chi connectivity index (χ1) is 30.0. The molecule has 0 amide bonds. The SMILES string of the molecule is CC/C=C\C/C=C\C/C=C\C/C=C\CCCCCCCCC(=O)OCC(COC(=O)CCCCCCCCCC)OC(=O)CCCCCCCCCCCCCCCCCC. The fraction of sp³-hybridized carbons (Fsp3) is 0.800. The number of carbonyl (C=O) groups excluding carboxylic acids is 3. The van der Waals surface area contributed by atoms with Gasteiger partial charge >= 0.3 is 17.9 Å². The summed E-state index contributed by atoms with van der Waals surface area (Å²) in [4.78, 5) is 37.9. The van der Waals surface area contributed by atoms with E-state index >= 15 is 0 Å². The third-order valence-electron chi connectivity index (χ3n) is 11.3. The summed E-state index contributed by atoms with van der Waals surface area (Å²) in [5.74, 6) is -0.884. The maximum Gasteiger partial charge on any atom is 0.306 e. The average molecular weight is 855 g/mol. The Labute approximate surface area is 378 Å². The Balaban J connectivity index is 4.28. The van der Waals surface area contributed by atoms with Crippen molar-refractivity contribution < 1.29 is 28.6 Å². The predicted octanol–water partition coefficient (Wildman–Crippen LogP) is 17.1. The molecule has 0 aliphatic heterocycles. The standard InChI is InChI=1S/C55H98O6/c1-4-7-10-13-16-19-21-23-25-27-28-29-31-32-34-36-39-42-45-48-54(57)60-51-52(50-59-53(56)47-44-41-38-18-15-12-9-6-3)61-55(58)49-46-43-40-37-35-33-30-26-24-22-20-17-14-11-8-5-2/h7,10,16,19,23,25,28-29,52H,4-6,8-9,11-15,17-18,20-22,24,26-27,30-51H2,1-3H3/b10-7-,19-16-,25-23-,29-28-. The Morgan fingerprint density at radius 1 is 0.344 bits per heavy atom. The smallest absolute Gasteiger partial charge is 0.306 e. The Morgan fingerprint density at radius 2 is 0.639 bits per heavy atom. The molecular formula is C55H98O6. The van der Waals surface area contributed by atoms with E-state index in [0.717, 1.165) is 89.9 Å². The van der Waals surface area contributed by atoms with Crippen LogP contribution in [0.25, 0.3) is 0 Å². The summed E-state index contributed by atoms with van der Waals surface area (Å²) in [7, 11) is 0. The van der Waals surface area contributed by atoms with Gasteiger partial charge in [-0.25, -0.2) is 0 Å². The summed E-state index contributed by atoms with van der Waals surface area (Å²) in [5.41, 5.74) is 0. The van der Waals surface area contributed by atoms with E-state index < -0.39 is 6.10 Å². The van der Waals surface area contributed by atoms with Crippen molar-refractivity contribution in [2.45, 2.75) is 271 Å². The quantitative estimate of drug-likeness (QED) is 0.0263. The molecule has 1 unspecified atom stereocenters. The van der Waals surface area contributed by atoms with Gasteiger partial charge in [-0.15, -0.1) is 0 Å². The number of hydrogen-bond acceptors (Lipinski definition) is 6. The Morgan fingerprint density at radius 3 is 1.00 bits per heavy atom. The Kier molecular flexibility index (Phi) is 47.9. The largest absolute Gasteiger partial charge is 0.462 e. The van der Waals surface area contributed by atoms with Gasteiger partial charge in [-0.2, -0.15) is 0 Å². The van der Waals surface area contributed by atoms with E-state index in [4.69, 9.17) is 14.2 Å². The molecule has 0 spiro atoms. The number of carbonyl (C=O) groups is 3. The molecule has 354 valence electrons. The van der Waals surface area contributed by atoms with E-state index in [1.807, 2.05) is 0 Å². The zero-order chi connectivity index (χ0) is 44.4. The van der Waals surface area contributed by atoms with Gasteiger partial charge in [0, 0.05) is 19.3 Å². The van der Waals surface area contributed by atoms with E-state index in [0.29, 0.717) is 19.3 Å². The lowest BCUT2D eigenvalue weighted by Gasteiger charge is -2.18. The second-order valence-corrected chi connectivity index (χ2v) is 17.4. The summed E-state index contributed by atoms with van der Waals surface area (Å²) in [6.45, 7) is 6.50. The summed E-state index contributed by atoms with van der Waals surface area (Å²) in [6, 6.07) is 0. The lowest BCUT2D eigenvalue weighted by Crippen LogP contribution is -2.30. The highest BCUT2D eigenvalue weighted by Crippen LogP contribution is 2.16. The highest BCUT2D eigenvalue weighted by molar-refractivity contribution is 5.71. The van der Waals surface area contributed by atoms with Gasteiger partial charge in [0.05, 0.1) is 0 Å². The van der Waals surface area contributed by atoms with Gasteiger partial charge in [-0.3, -0.25) is 14.4 Å². The van der Waals surface area contributed by atoms with Crippen molar-refractivity contribution in [3.05, 3.63) is 48.6 Å². The maximum atomic E-state index is 12.8. The van der Waals surface area contributed by atoms with E-state index in [-0.39, 0.29) is 31.1 Å². The van der Waals surface area contributed by atoms with Crippen LogP contribution in [0.5, 0.6) is 0 Å². The van der Waals surface area contributed by atoms with Gasteiger partial charge < -0.3 is 14.2 Å². The fourth-order valence-corrected chi connectivity index (χ4v) is 7.43. The number of hydrogen-bond donors (Lipinski definition) is 0. The van der Waals surface area contributed by atoms with Gasteiger partial charge in [0.1, 0.15) is 13.2 Å². The van der Waals surface area contributed by atoms with Crippen molar-refractivity contribution in [2.75, 3.05) is 13.2 Å². The minimum Gasteiger partial charge on any atom is -0.462 e. The van der Waals surface area contributed by atoms with Crippen LogP contribution < -0.4 is 0 Å². The molecule has 0 aliphatic rings. The zero-order valence-corrected chi connectivity index (χ0v) is 40.4. The predicted molar refractivity (Wildman–Crippen MR) is 261 cm³/mol. The van der Waals surface area contributed by atoms with Crippen LogP contribution in [0.4, 0.5) is 0 Å². The molecule has 6 nitrogen and oxygen atoms in total. The molecule has 0 heterocycles. The highest BCUT2D eigenvalue weighted by atomic mass is 16.6. The van der Waals surface area contributed by atoms with Gasteiger partial charge in [-0.05, 0) is 57.8 Å². The van der Waals surface area contributed by atoms with Crippen molar-refractivity contribution >= 4 is 17.9 Å². The van der Waals surface area contributed by atoms with Crippen LogP contribution in [0.1, 0.15) is 265 Å². The van der Waals surface area contributed by atoms with Gasteiger partial charge in [0.2, 0.25) is 0 Å². The van der Waals surface area contributed by atoms with Gasteiger partial charge in [0.25, 0.3) is 0 Å². The van der Waals surface area contributed by atoms with E-state index in [9.17, 15) is 14.4 Å². The minimum atomic E-state index is -0.773. The lowest BCUT2D eigenvalue weighted by molar-refractivity contribution is -0.167. The van der Waals surface area contributed by atoms with E-state index in [2.05, 4.69) is 69.4 Å². The average Bonchev–Trinajstić information content (AvgIpc) is 3.26. The normalized spacial score (nSPS) is 12.4. The van der Waals surface area contributed by atoms with Crippen molar-refractivity contribution in [1.29, 1.82) is 0 Å². The van der Waals surface area contributed by atoms with Crippen LogP contribution in [0, 0.1) is 0 Å². The summed E-state index contributed by atoms with van der Waals surface area (Å²) >= 11 is 0. The summed E-state index contributed by atoms with van der Waals surface area (Å²) in [6.07, 6.45) is 59.6. The minimum absolute atomic E-state index is 0.0747. The molecule has 0 aromatic rings. The molecule has 0 saturated carbocycles. The number of rotatable bonds is 47. The molecular weight excluding hydrogens is 757 g/mol. The monoisotopic (exact) mass is 855 g/mol. The van der Waals surface area contributed by atoms with Crippen LogP contribution in [0.15, 0.2) is 48.6 Å². The Bertz CT molecular complexity index is 1070. The molecule has 0 radical (unpaired) electrons. The van der Waals surface area contributed by atoms with E-state index in [1.165, 1.54) is 135 Å². The number of ether oxygens (including phenoxy) is 3.